The Labute approximate surface area is 90.9 Å². The van der Waals surface area contributed by atoms with Gasteiger partial charge in [-0.3, -0.25) is 0 Å². The van der Waals surface area contributed by atoms with Gasteiger partial charge in [0.2, 0.25) is 0 Å². The van der Waals surface area contributed by atoms with Crippen LogP contribution in [0.1, 0.15) is 40.0 Å². The molecule has 0 radical (unpaired) electrons. The van der Waals surface area contributed by atoms with E-state index in [1.807, 2.05) is 20.8 Å². The molecule has 1 amide bonds. The van der Waals surface area contributed by atoms with Crippen LogP contribution in [0.15, 0.2) is 0 Å². The Morgan fingerprint density at radius 1 is 1.47 bits per heavy atom. The van der Waals surface area contributed by atoms with Gasteiger partial charge in [-0.15, -0.1) is 0 Å². The first kappa shape index (κ1) is 12.3. The van der Waals surface area contributed by atoms with Gasteiger partial charge in [-0.05, 0) is 24.7 Å². The number of carboxylic acid groups (broad SMARTS) is 1. The maximum atomic E-state index is 11.2. The van der Waals surface area contributed by atoms with E-state index in [4.69, 9.17) is 5.11 Å². The molecule has 15 heavy (non-hydrogen) atoms. The van der Waals surface area contributed by atoms with Gasteiger partial charge in [0.25, 0.3) is 0 Å². The molecule has 4 heteroatoms. The van der Waals surface area contributed by atoms with Crippen molar-refractivity contribution in [3.63, 3.8) is 0 Å². The van der Waals surface area contributed by atoms with Crippen molar-refractivity contribution in [2.45, 2.75) is 45.6 Å². The maximum absolute atomic E-state index is 11.2. The minimum Gasteiger partial charge on any atom is -0.465 e. The van der Waals surface area contributed by atoms with Gasteiger partial charge >= 0.3 is 6.09 Å². The van der Waals surface area contributed by atoms with Crippen molar-refractivity contribution in [3.05, 3.63) is 0 Å². The Kier molecular flexibility index (Phi) is 3.28. The molecular weight excluding hydrogens is 194 g/mol. The summed E-state index contributed by atoms with van der Waals surface area (Å²) < 4.78 is 0. The van der Waals surface area contributed by atoms with Crippen molar-refractivity contribution in [3.8, 4) is 0 Å². The number of hydrogen-bond acceptors (Lipinski definition) is 2. The summed E-state index contributed by atoms with van der Waals surface area (Å²) in [5.74, 6) is 0. The number of rotatable bonds is 2. The predicted molar refractivity (Wildman–Crippen MR) is 57.9 cm³/mol. The molecule has 1 heterocycles. The number of hydrogen-bond donors (Lipinski definition) is 2. The molecule has 0 aliphatic carbocycles. The predicted octanol–water partition coefficient (Wildman–Crippen LogP) is 1.93. The third-order valence-corrected chi connectivity index (χ3v) is 3.64. The fraction of sp³-hybridized carbons (Fsp3) is 0.909. The van der Waals surface area contributed by atoms with Crippen LogP contribution < -0.4 is 0 Å². The van der Waals surface area contributed by atoms with Crippen molar-refractivity contribution < 1.29 is 15.0 Å². The summed E-state index contributed by atoms with van der Waals surface area (Å²) in [6, 6.07) is 0. The molecule has 1 atom stereocenters. The minimum absolute atomic E-state index is 0.0427. The van der Waals surface area contributed by atoms with E-state index in [1.54, 1.807) is 0 Å². The van der Waals surface area contributed by atoms with Crippen LogP contribution in [0, 0.1) is 5.41 Å². The summed E-state index contributed by atoms with van der Waals surface area (Å²) in [4.78, 5) is 12.7. The molecule has 0 unspecified atom stereocenters. The van der Waals surface area contributed by atoms with Gasteiger partial charge in [0, 0.05) is 13.2 Å². The lowest BCUT2D eigenvalue weighted by molar-refractivity contribution is 0.0127. The van der Waals surface area contributed by atoms with E-state index in [0.717, 1.165) is 12.8 Å². The first-order chi connectivity index (χ1) is 6.85. The molecule has 1 rings (SSSR count). The van der Waals surface area contributed by atoms with Gasteiger partial charge < -0.3 is 15.1 Å². The fourth-order valence-corrected chi connectivity index (χ4v) is 2.76. The SMILES string of the molecule is CC(C)(C)[C@@]1(CCO)CCCN1C(=O)O. The first-order valence-electron chi connectivity index (χ1n) is 5.46. The molecule has 4 nitrogen and oxygen atoms in total. The molecule has 1 fully saturated rings. The smallest absolute Gasteiger partial charge is 0.407 e. The number of nitrogens with zero attached hydrogens (tertiary/aromatic N) is 1. The summed E-state index contributed by atoms with van der Waals surface area (Å²) in [5.41, 5.74) is -0.530. The second-order valence-electron chi connectivity index (χ2n) is 5.29. The molecular formula is C11H21NO3. The summed E-state index contributed by atoms with van der Waals surface area (Å²) in [5, 5.41) is 18.3. The fourth-order valence-electron chi connectivity index (χ4n) is 2.76. The molecule has 2 N–H and O–H groups in total. The standard InChI is InChI=1S/C11H21NO3/c1-10(2,3)11(6-8-13)5-4-7-12(11)9(14)15/h13H,4-8H2,1-3H3,(H,14,15)/t11-/m0/s1. The van der Waals surface area contributed by atoms with Gasteiger partial charge in [0.05, 0.1) is 5.54 Å². The van der Waals surface area contributed by atoms with Crippen molar-refractivity contribution in [2.75, 3.05) is 13.2 Å². The highest BCUT2D eigenvalue weighted by atomic mass is 16.4. The third kappa shape index (κ3) is 1.95. The summed E-state index contributed by atoms with van der Waals surface area (Å²) in [7, 11) is 0. The Hall–Kier alpha value is -0.770. The quantitative estimate of drug-likeness (QED) is 0.740. The van der Waals surface area contributed by atoms with Crippen molar-refractivity contribution in [1.82, 2.24) is 4.90 Å². The lowest BCUT2D eigenvalue weighted by Gasteiger charge is -2.47. The summed E-state index contributed by atoms with van der Waals surface area (Å²) in [6.07, 6.45) is 1.41. The number of amides is 1. The van der Waals surface area contributed by atoms with Crippen LogP contribution in [-0.4, -0.2) is 39.9 Å². The van der Waals surface area contributed by atoms with Crippen LogP contribution in [0.25, 0.3) is 0 Å². The lowest BCUT2D eigenvalue weighted by atomic mass is 9.70. The number of carbonyl (C=O) groups is 1. The van der Waals surface area contributed by atoms with E-state index in [-0.39, 0.29) is 12.0 Å². The van der Waals surface area contributed by atoms with Crippen molar-refractivity contribution in [2.24, 2.45) is 5.41 Å². The first-order valence-corrected chi connectivity index (χ1v) is 5.46. The van der Waals surface area contributed by atoms with Crippen LogP contribution in [0.2, 0.25) is 0 Å². The zero-order chi connectivity index (χ0) is 11.7. The third-order valence-electron chi connectivity index (χ3n) is 3.64. The van der Waals surface area contributed by atoms with E-state index in [9.17, 15) is 9.90 Å². The zero-order valence-corrected chi connectivity index (χ0v) is 9.79. The molecule has 0 aromatic rings. The maximum Gasteiger partial charge on any atom is 0.407 e. The number of likely N-dealkylation sites (tertiary alicyclic amines) is 1. The van der Waals surface area contributed by atoms with Crippen LogP contribution in [-0.2, 0) is 0 Å². The number of aliphatic hydroxyl groups excluding tert-OH is 1. The van der Waals surface area contributed by atoms with Crippen LogP contribution in [0.3, 0.4) is 0 Å². The van der Waals surface area contributed by atoms with Crippen molar-refractivity contribution >= 4 is 6.09 Å². The van der Waals surface area contributed by atoms with E-state index in [0.29, 0.717) is 13.0 Å². The second kappa shape index (κ2) is 4.00. The van der Waals surface area contributed by atoms with Crippen LogP contribution in [0.5, 0.6) is 0 Å². The molecule has 0 saturated carbocycles. The molecule has 1 aliphatic heterocycles. The molecule has 0 bridgehead atoms. The topological polar surface area (TPSA) is 60.8 Å². The second-order valence-corrected chi connectivity index (χ2v) is 5.29. The molecule has 0 aromatic heterocycles. The van der Waals surface area contributed by atoms with E-state index < -0.39 is 11.6 Å². The highest BCUT2D eigenvalue weighted by molar-refractivity contribution is 5.67. The lowest BCUT2D eigenvalue weighted by Crippen LogP contribution is -2.55. The molecule has 1 saturated heterocycles. The minimum atomic E-state index is -0.865. The van der Waals surface area contributed by atoms with Gasteiger partial charge in [0.1, 0.15) is 0 Å². The number of aliphatic hydroxyl groups is 1. The van der Waals surface area contributed by atoms with Gasteiger partial charge in [-0.25, -0.2) is 4.79 Å². The van der Waals surface area contributed by atoms with E-state index in [1.165, 1.54) is 4.90 Å². The highest BCUT2D eigenvalue weighted by Gasteiger charge is 2.51. The Bertz CT molecular complexity index is 247. The average Bonchev–Trinajstić information content (AvgIpc) is 2.48. The van der Waals surface area contributed by atoms with Gasteiger partial charge in [-0.1, -0.05) is 20.8 Å². The average molecular weight is 215 g/mol. The van der Waals surface area contributed by atoms with Crippen molar-refractivity contribution in [1.29, 1.82) is 0 Å². The van der Waals surface area contributed by atoms with Crippen LogP contribution >= 0.6 is 0 Å². The van der Waals surface area contributed by atoms with Gasteiger partial charge in [-0.2, -0.15) is 0 Å². The molecule has 1 aliphatic rings. The summed E-state index contributed by atoms with van der Waals surface area (Å²) >= 11 is 0. The van der Waals surface area contributed by atoms with Crippen LogP contribution in [0.4, 0.5) is 4.79 Å². The zero-order valence-electron chi connectivity index (χ0n) is 9.79. The van der Waals surface area contributed by atoms with E-state index >= 15 is 0 Å². The molecule has 0 spiro atoms. The summed E-state index contributed by atoms with van der Waals surface area (Å²) in [6.45, 7) is 6.77. The Balaban J connectivity index is 3.04. The molecule has 88 valence electrons. The molecule has 0 aromatic carbocycles. The van der Waals surface area contributed by atoms with Gasteiger partial charge in [0.15, 0.2) is 0 Å². The normalized spacial score (nSPS) is 27.1. The van der Waals surface area contributed by atoms with E-state index in [2.05, 4.69) is 0 Å². The Morgan fingerprint density at radius 2 is 2.07 bits per heavy atom. The largest absolute Gasteiger partial charge is 0.465 e. The monoisotopic (exact) mass is 215 g/mol. The Morgan fingerprint density at radius 3 is 2.47 bits per heavy atom. The highest BCUT2D eigenvalue weighted by Crippen LogP contribution is 2.45.